The van der Waals surface area contributed by atoms with Crippen molar-refractivity contribution in [3.05, 3.63) is 77.6 Å². The Morgan fingerprint density at radius 1 is 1.09 bits per heavy atom. The lowest BCUT2D eigenvalue weighted by molar-refractivity contribution is 0.161. The molecule has 8 heteroatoms. The third-order valence-electron chi connectivity index (χ3n) is 6.34. The molecular formula is C25H21FN4O2S. The standard InChI is InChI=1S/C25H21FN4O2S/c26-23-17(2-1-8-28-23)16-3-4-21-18(12-16)25(7-11-33-24(27)30-25)19-13-20(29-14-22(19)32-21)15-5-9-31-10-6-15/h1-5,8,12-14H,6-7,9-11H2,(H2,27,30)/t25-/m1/s1. The highest BCUT2D eigenvalue weighted by Gasteiger charge is 2.44. The minimum Gasteiger partial charge on any atom is -0.455 e. The van der Waals surface area contributed by atoms with Crippen molar-refractivity contribution < 1.29 is 13.9 Å². The van der Waals surface area contributed by atoms with Crippen molar-refractivity contribution in [2.45, 2.75) is 18.4 Å². The summed E-state index contributed by atoms with van der Waals surface area (Å²) in [7, 11) is 0. The fourth-order valence-electron chi connectivity index (χ4n) is 4.73. The molecule has 0 bridgehead atoms. The van der Waals surface area contributed by atoms with E-state index in [2.05, 4.69) is 22.1 Å². The SMILES string of the molecule is NC1=N[C@]2(CCS1)c1cc(-c3cccnc3F)ccc1Oc1cnc(C3=CCOCC3)cc12. The number of aromatic nitrogens is 2. The number of halogens is 1. The summed E-state index contributed by atoms with van der Waals surface area (Å²) in [6.07, 6.45) is 6.84. The molecule has 166 valence electrons. The molecule has 5 heterocycles. The second-order valence-electron chi connectivity index (χ2n) is 8.18. The Morgan fingerprint density at radius 2 is 2.00 bits per heavy atom. The number of pyridine rings is 2. The van der Waals surface area contributed by atoms with E-state index in [1.165, 1.54) is 6.20 Å². The monoisotopic (exact) mass is 460 g/mol. The van der Waals surface area contributed by atoms with Crippen LogP contribution in [-0.2, 0) is 10.3 Å². The topological polar surface area (TPSA) is 82.6 Å². The fraction of sp³-hybridized carbons (Fsp3) is 0.240. The number of hydrogen-bond acceptors (Lipinski definition) is 7. The van der Waals surface area contributed by atoms with Crippen molar-refractivity contribution in [1.29, 1.82) is 0 Å². The van der Waals surface area contributed by atoms with E-state index in [0.717, 1.165) is 46.6 Å². The fourth-order valence-corrected chi connectivity index (χ4v) is 5.55. The van der Waals surface area contributed by atoms with E-state index >= 15 is 0 Å². The Labute approximate surface area is 194 Å². The van der Waals surface area contributed by atoms with Gasteiger partial charge in [-0.05, 0) is 54.3 Å². The molecule has 2 N–H and O–H groups in total. The molecule has 0 fully saturated rings. The number of nitrogens with zero attached hydrogens (tertiary/aromatic N) is 3. The van der Waals surface area contributed by atoms with Gasteiger partial charge >= 0.3 is 0 Å². The van der Waals surface area contributed by atoms with Crippen LogP contribution < -0.4 is 10.5 Å². The summed E-state index contributed by atoms with van der Waals surface area (Å²) < 4.78 is 26.2. The lowest BCUT2D eigenvalue weighted by atomic mass is 9.77. The van der Waals surface area contributed by atoms with E-state index in [-0.39, 0.29) is 0 Å². The maximum atomic E-state index is 14.5. The highest BCUT2D eigenvalue weighted by atomic mass is 32.2. The van der Waals surface area contributed by atoms with Crippen molar-refractivity contribution in [2.75, 3.05) is 19.0 Å². The molecule has 0 amide bonds. The summed E-state index contributed by atoms with van der Waals surface area (Å²) in [5.41, 5.74) is 10.5. The normalized spacial score (nSPS) is 21.5. The highest BCUT2D eigenvalue weighted by molar-refractivity contribution is 8.13. The Hall–Kier alpha value is -3.23. The maximum absolute atomic E-state index is 14.5. The van der Waals surface area contributed by atoms with E-state index in [9.17, 15) is 4.39 Å². The van der Waals surface area contributed by atoms with E-state index in [0.29, 0.717) is 35.4 Å². The zero-order valence-electron chi connectivity index (χ0n) is 17.8. The van der Waals surface area contributed by atoms with Gasteiger partial charge in [-0.25, -0.2) is 9.98 Å². The molecule has 6 nitrogen and oxygen atoms in total. The van der Waals surface area contributed by atoms with Crippen molar-refractivity contribution in [1.82, 2.24) is 9.97 Å². The van der Waals surface area contributed by atoms with Crippen molar-refractivity contribution in [2.24, 2.45) is 10.7 Å². The summed E-state index contributed by atoms with van der Waals surface area (Å²) in [5, 5.41) is 0.529. The van der Waals surface area contributed by atoms with E-state index < -0.39 is 11.5 Å². The first-order valence-electron chi connectivity index (χ1n) is 10.8. The van der Waals surface area contributed by atoms with E-state index in [1.54, 1.807) is 30.1 Å². The molecule has 3 aliphatic heterocycles. The zero-order valence-corrected chi connectivity index (χ0v) is 18.6. The van der Waals surface area contributed by atoms with Crippen LogP contribution in [0, 0.1) is 5.95 Å². The number of nitrogens with two attached hydrogens (primary N) is 1. The Kier molecular flexibility index (Phi) is 4.92. The highest BCUT2D eigenvalue weighted by Crippen LogP contribution is 2.53. The van der Waals surface area contributed by atoms with Gasteiger partial charge in [-0.1, -0.05) is 23.9 Å². The van der Waals surface area contributed by atoms with Gasteiger partial charge in [-0.3, -0.25) is 4.98 Å². The van der Waals surface area contributed by atoms with Gasteiger partial charge in [0.2, 0.25) is 5.95 Å². The molecular weight excluding hydrogens is 439 g/mol. The molecule has 1 aromatic carbocycles. The molecule has 2 aromatic heterocycles. The van der Waals surface area contributed by atoms with Crippen LogP contribution >= 0.6 is 11.8 Å². The van der Waals surface area contributed by atoms with Crippen LogP contribution in [0.3, 0.4) is 0 Å². The van der Waals surface area contributed by atoms with Crippen LogP contribution in [0.5, 0.6) is 11.5 Å². The molecule has 0 saturated carbocycles. The molecule has 33 heavy (non-hydrogen) atoms. The molecule has 6 rings (SSSR count). The minimum atomic E-state index is -0.726. The lowest BCUT2D eigenvalue weighted by Gasteiger charge is -2.39. The molecule has 0 aliphatic carbocycles. The number of benzene rings is 1. The van der Waals surface area contributed by atoms with Crippen molar-refractivity contribution in [3.8, 4) is 22.6 Å². The number of thioether (sulfide) groups is 1. The van der Waals surface area contributed by atoms with E-state index in [4.69, 9.17) is 20.2 Å². The number of ether oxygens (including phenoxy) is 2. The number of hydrogen-bond donors (Lipinski definition) is 1. The molecule has 0 radical (unpaired) electrons. The summed E-state index contributed by atoms with van der Waals surface area (Å²) in [6, 6.07) is 11.2. The summed E-state index contributed by atoms with van der Waals surface area (Å²) in [6.45, 7) is 1.26. The Balaban J connectivity index is 1.56. The maximum Gasteiger partial charge on any atom is 0.220 e. The molecule has 0 saturated heterocycles. The van der Waals surface area contributed by atoms with Crippen molar-refractivity contribution in [3.63, 3.8) is 0 Å². The number of amidine groups is 1. The predicted octanol–water partition coefficient (Wildman–Crippen LogP) is 4.89. The first-order valence-corrected chi connectivity index (χ1v) is 11.8. The smallest absolute Gasteiger partial charge is 0.220 e. The lowest BCUT2D eigenvalue weighted by Crippen LogP contribution is -2.35. The summed E-state index contributed by atoms with van der Waals surface area (Å²) in [5.74, 6) is 1.65. The first-order chi connectivity index (χ1) is 16.1. The van der Waals surface area contributed by atoms with Gasteiger partial charge in [0.1, 0.15) is 11.3 Å². The molecule has 0 unspecified atom stereocenters. The Morgan fingerprint density at radius 3 is 2.82 bits per heavy atom. The third kappa shape index (κ3) is 3.41. The second kappa shape index (κ2) is 7.97. The quantitative estimate of drug-likeness (QED) is 0.549. The van der Waals surface area contributed by atoms with Crippen molar-refractivity contribution >= 4 is 22.5 Å². The molecule has 1 atom stereocenters. The number of aliphatic imine (C=N–C) groups is 1. The minimum absolute atomic E-state index is 0.436. The van der Waals surface area contributed by atoms with Gasteiger partial charge in [0.25, 0.3) is 0 Å². The average Bonchev–Trinajstić information content (AvgIpc) is 2.85. The zero-order chi connectivity index (χ0) is 22.4. The van der Waals surface area contributed by atoms with Gasteiger partial charge in [-0.15, -0.1) is 0 Å². The summed E-state index contributed by atoms with van der Waals surface area (Å²) >= 11 is 1.54. The van der Waals surface area contributed by atoms with Gasteiger partial charge in [0.05, 0.1) is 25.1 Å². The van der Waals surface area contributed by atoms with Gasteiger partial charge < -0.3 is 15.2 Å². The van der Waals surface area contributed by atoms with Crippen LogP contribution in [-0.4, -0.2) is 34.1 Å². The molecule has 1 spiro atoms. The Bertz CT molecular complexity index is 1330. The first kappa shape index (κ1) is 20.4. The largest absolute Gasteiger partial charge is 0.455 e. The van der Waals surface area contributed by atoms with Crippen LogP contribution in [0.25, 0.3) is 16.7 Å². The number of rotatable bonds is 2. The van der Waals surface area contributed by atoms with Crippen LogP contribution in [0.2, 0.25) is 0 Å². The van der Waals surface area contributed by atoms with Gasteiger partial charge in [0.15, 0.2) is 10.9 Å². The van der Waals surface area contributed by atoms with Crippen LogP contribution in [0.1, 0.15) is 29.7 Å². The van der Waals surface area contributed by atoms with Gasteiger partial charge in [0, 0.05) is 28.6 Å². The van der Waals surface area contributed by atoms with Crippen LogP contribution in [0.15, 0.2) is 59.9 Å². The predicted molar refractivity (Wildman–Crippen MR) is 127 cm³/mol. The number of fused-ring (bicyclic) bond motifs is 4. The van der Waals surface area contributed by atoms with E-state index in [1.807, 2.05) is 18.2 Å². The molecule has 3 aromatic rings. The average molecular weight is 461 g/mol. The summed E-state index contributed by atoms with van der Waals surface area (Å²) in [4.78, 5) is 13.5. The van der Waals surface area contributed by atoms with Gasteiger partial charge in [-0.2, -0.15) is 4.39 Å². The molecule has 3 aliphatic rings. The second-order valence-corrected chi connectivity index (χ2v) is 9.30. The van der Waals surface area contributed by atoms with Crippen LogP contribution in [0.4, 0.5) is 4.39 Å². The third-order valence-corrected chi connectivity index (χ3v) is 7.13.